The summed E-state index contributed by atoms with van der Waals surface area (Å²) in [6, 6.07) is 12.0. The Balaban J connectivity index is 1.35. The van der Waals surface area contributed by atoms with E-state index in [4.69, 9.17) is 4.74 Å². The van der Waals surface area contributed by atoms with E-state index in [2.05, 4.69) is 25.2 Å². The normalized spacial score (nSPS) is 20.8. The van der Waals surface area contributed by atoms with Gasteiger partial charge >= 0.3 is 0 Å². The van der Waals surface area contributed by atoms with Crippen molar-refractivity contribution in [3.63, 3.8) is 0 Å². The Morgan fingerprint density at radius 3 is 2.60 bits per heavy atom. The van der Waals surface area contributed by atoms with Gasteiger partial charge in [-0.3, -0.25) is 9.59 Å². The monoisotopic (exact) mass is 406 g/mol. The molecule has 2 aromatic carbocycles. The molecular formula is C25H30N2O3. The molecule has 1 saturated carbocycles. The van der Waals surface area contributed by atoms with Crippen molar-refractivity contribution in [1.82, 2.24) is 4.90 Å². The lowest BCUT2D eigenvalue weighted by atomic mass is 9.84. The van der Waals surface area contributed by atoms with Crippen molar-refractivity contribution >= 4 is 17.5 Å². The van der Waals surface area contributed by atoms with E-state index in [9.17, 15) is 9.59 Å². The summed E-state index contributed by atoms with van der Waals surface area (Å²) in [5, 5.41) is 3.05. The van der Waals surface area contributed by atoms with Gasteiger partial charge in [-0.2, -0.15) is 0 Å². The molecule has 0 spiro atoms. The second-order valence-electron chi connectivity index (χ2n) is 8.41. The molecule has 2 amide bonds. The minimum atomic E-state index is -0.0140. The van der Waals surface area contributed by atoms with E-state index in [0.717, 1.165) is 60.2 Å². The molecular weight excluding hydrogens is 376 g/mol. The predicted molar refractivity (Wildman–Crippen MR) is 118 cm³/mol. The van der Waals surface area contributed by atoms with Crippen LogP contribution in [0.1, 0.15) is 59.7 Å². The standard InChI is InChI=1S/C25H30N2O3/c1-4-17-8-11-19(14-23(17)30-3)26-24(28)18-9-12-20(13-10-18)27-15-22-16(2)6-5-7-21(22)25(27)29/h5-8,11,14,18,20H,4,9-10,12-13,15H2,1-3H3,(H,26,28). The van der Waals surface area contributed by atoms with Crippen molar-refractivity contribution in [2.24, 2.45) is 5.92 Å². The van der Waals surface area contributed by atoms with Gasteiger partial charge in [0, 0.05) is 35.8 Å². The van der Waals surface area contributed by atoms with Gasteiger partial charge in [0.2, 0.25) is 5.91 Å². The summed E-state index contributed by atoms with van der Waals surface area (Å²) in [5.41, 5.74) is 5.09. The van der Waals surface area contributed by atoms with Crippen LogP contribution in [0.15, 0.2) is 36.4 Å². The molecule has 0 aromatic heterocycles. The van der Waals surface area contributed by atoms with Gasteiger partial charge in [0.25, 0.3) is 5.91 Å². The number of benzene rings is 2. The highest BCUT2D eigenvalue weighted by molar-refractivity contribution is 5.99. The molecule has 2 aromatic rings. The molecule has 0 atom stereocenters. The minimum Gasteiger partial charge on any atom is -0.496 e. The van der Waals surface area contributed by atoms with Crippen molar-refractivity contribution in [3.8, 4) is 5.75 Å². The number of hydrogen-bond acceptors (Lipinski definition) is 3. The number of carbonyl (C=O) groups is 2. The van der Waals surface area contributed by atoms with Gasteiger partial charge in [-0.1, -0.05) is 25.1 Å². The molecule has 0 saturated heterocycles. The number of nitrogens with one attached hydrogen (secondary N) is 1. The van der Waals surface area contributed by atoms with Crippen LogP contribution in [-0.2, 0) is 17.8 Å². The molecule has 30 heavy (non-hydrogen) atoms. The van der Waals surface area contributed by atoms with E-state index >= 15 is 0 Å². The lowest BCUT2D eigenvalue weighted by molar-refractivity contribution is -0.121. The summed E-state index contributed by atoms with van der Waals surface area (Å²) in [7, 11) is 1.65. The van der Waals surface area contributed by atoms with Crippen LogP contribution in [0.25, 0.3) is 0 Å². The topological polar surface area (TPSA) is 58.6 Å². The second kappa shape index (κ2) is 8.50. The third-order valence-corrected chi connectivity index (χ3v) is 6.67. The third kappa shape index (κ3) is 3.81. The van der Waals surface area contributed by atoms with Gasteiger partial charge in [-0.15, -0.1) is 0 Å². The molecule has 1 fully saturated rings. The zero-order valence-corrected chi connectivity index (χ0v) is 18.0. The van der Waals surface area contributed by atoms with Crippen LogP contribution in [0, 0.1) is 12.8 Å². The number of nitrogens with zero attached hydrogens (tertiary/aromatic N) is 1. The maximum absolute atomic E-state index is 12.9. The number of rotatable bonds is 5. The molecule has 5 heteroatoms. The molecule has 1 heterocycles. The van der Waals surface area contributed by atoms with E-state index < -0.39 is 0 Å². The van der Waals surface area contributed by atoms with Crippen LogP contribution < -0.4 is 10.1 Å². The highest BCUT2D eigenvalue weighted by atomic mass is 16.5. The average molecular weight is 407 g/mol. The molecule has 5 nitrogen and oxygen atoms in total. The van der Waals surface area contributed by atoms with Crippen molar-refractivity contribution in [1.29, 1.82) is 0 Å². The maximum Gasteiger partial charge on any atom is 0.254 e. The first-order chi connectivity index (χ1) is 14.5. The second-order valence-corrected chi connectivity index (χ2v) is 8.41. The van der Waals surface area contributed by atoms with Gasteiger partial charge in [0.15, 0.2) is 0 Å². The van der Waals surface area contributed by atoms with Crippen molar-refractivity contribution < 1.29 is 14.3 Å². The molecule has 1 N–H and O–H groups in total. The fraction of sp³-hybridized carbons (Fsp3) is 0.440. The van der Waals surface area contributed by atoms with E-state index in [1.54, 1.807) is 7.11 Å². The molecule has 158 valence electrons. The number of anilines is 1. The molecule has 0 bridgehead atoms. The Kier molecular flexibility index (Phi) is 5.80. The number of methoxy groups -OCH3 is 1. The predicted octanol–water partition coefficient (Wildman–Crippen LogP) is 4.72. The van der Waals surface area contributed by atoms with Crippen LogP contribution >= 0.6 is 0 Å². The zero-order chi connectivity index (χ0) is 21.3. The van der Waals surface area contributed by atoms with E-state index in [0.29, 0.717) is 6.54 Å². The Hall–Kier alpha value is -2.82. The highest BCUT2D eigenvalue weighted by Gasteiger charge is 2.36. The number of hydrogen-bond donors (Lipinski definition) is 1. The molecule has 1 aliphatic heterocycles. The smallest absolute Gasteiger partial charge is 0.254 e. The summed E-state index contributed by atoms with van der Waals surface area (Å²) in [5.74, 6) is 0.998. The number of amides is 2. The average Bonchev–Trinajstić information content (AvgIpc) is 3.11. The Labute approximate surface area is 178 Å². The maximum atomic E-state index is 12.9. The Bertz CT molecular complexity index is 961. The largest absolute Gasteiger partial charge is 0.496 e. The quantitative estimate of drug-likeness (QED) is 0.782. The first-order valence-electron chi connectivity index (χ1n) is 10.9. The summed E-state index contributed by atoms with van der Waals surface area (Å²) >= 11 is 0. The lowest BCUT2D eigenvalue weighted by Crippen LogP contribution is -2.40. The summed E-state index contributed by atoms with van der Waals surface area (Å²) in [6.45, 7) is 4.85. The minimum absolute atomic E-state index is 0.0140. The first-order valence-corrected chi connectivity index (χ1v) is 10.9. The van der Waals surface area contributed by atoms with Gasteiger partial charge in [-0.25, -0.2) is 0 Å². The molecule has 1 aliphatic carbocycles. The molecule has 0 radical (unpaired) electrons. The van der Waals surface area contributed by atoms with E-state index in [1.807, 2.05) is 35.2 Å². The molecule has 2 aliphatic rings. The molecule has 0 unspecified atom stereocenters. The summed E-state index contributed by atoms with van der Waals surface area (Å²) in [4.78, 5) is 27.7. The van der Waals surface area contributed by atoms with Crippen LogP contribution in [0.3, 0.4) is 0 Å². The zero-order valence-electron chi connectivity index (χ0n) is 18.0. The van der Waals surface area contributed by atoms with Gasteiger partial charge in [-0.05, 0) is 67.9 Å². The Morgan fingerprint density at radius 2 is 1.93 bits per heavy atom. The number of ether oxygens (including phenoxy) is 1. The van der Waals surface area contributed by atoms with Crippen molar-refractivity contribution in [2.75, 3.05) is 12.4 Å². The highest BCUT2D eigenvalue weighted by Crippen LogP contribution is 2.35. The van der Waals surface area contributed by atoms with Gasteiger partial charge in [0.1, 0.15) is 5.75 Å². The van der Waals surface area contributed by atoms with Crippen LogP contribution in [0.4, 0.5) is 5.69 Å². The number of fused-ring (bicyclic) bond motifs is 1. The molecule has 4 rings (SSSR count). The Morgan fingerprint density at radius 1 is 1.17 bits per heavy atom. The number of aryl methyl sites for hydroxylation is 2. The number of carbonyl (C=O) groups excluding carboxylic acids is 2. The SMILES string of the molecule is CCc1ccc(NC(=O)C2CCC(N3Cc4c(C)cccc4C3=O)CC2)cc1OC. The third-order valence-electron chi connectivity index (χ3n) is 6.67. The summed E-state index contributed by atoms with van der Waals surface area (Å²) in [6.07, 6.45) is 4.24. The fourth-order valence-electron chi connectivity index (χ4n) is 4.81. The summed E-state index contributed by atoms with van der Waals surface area (Å²) < 4.78 is 5.43. The van der Waals surface area contributed by atoms with E-state index in [1.165, 1.54) is 5.56 Å². The lowest BCUT2D eigenvalue weighted by Gasteiger charge is -2.34. The van der Waals surface area contributed by atoms with Crippen molar-refractivity contribution in [3.05, 3.63) is 58.7 Å². The van der Waals surface area contributed by atoms with E-state index in [-0.39, 0.29) is 23.8 Å². The van der Waals surface area contributed by atoms with Crippen LogP contribution in [0.2, 0.25) is 0 Å². The van der Waals surface area contributed by atoms with Crippen LogP contribution in [0.5, 0.6) is 5.75 Å². The first kappa shape index (κ1) is 20.5. The van der Waals surface area contributed by atoms with Gasteiger partial charge < -0.3 is 15.0 Å². The fourth-order valence-corrected chi connectivity index (χ4v) is 4.81. The van der Waals surface area contributed by atoms with Gasteiger partial charge in [0.05, 0.1) is 7.11 Å². The van der Waals surface area contributed by atoms with Crippen molar-refractivity contribution in [2.45, 2.75) is 58.5 Å². The van der Waals surface area contributed by atoms with Crippen LogP contribution in [-0.4, -0.2) is 29.9 Å².